The molecule has 0 aromatic carbocycles. The van der Waals surface area contributed by atoms with Crippen LogP contribution >= 0.6 is 0 Å². The molecule has 5 rings (SSSR count). The first-order valence-corrected chi connectivity index (χ1v) is 18.9. The van der Waals surface area contributed by atoms with Gasteiger partial charge in [0.15, 0.2) is 0 Å². The predicted octanol–water partition coefficient (Wildman–Crippen LogP) is 7.72. The average Bonchev–Trinajstić information content (AvgIpc) is 3.00. The van der Waals surface area contributed by atoms with Crippen molar-refractivity contribution in [2.75, 3.05) is 46.2 Å². The van der Waals surface area contributed by atoms with Crippen molar-refractivity contribution in [1.29, 1.82) is 0 Å². The van der Waals surface area contributed by atoms with Crippen LogP contribution in [0.1, 0.15) is 130 Å². The molecule has 4 aliphatic carbocycles. The summed E-state index contributed by atoms with van der Waals surface area (Å²) < 4.78 is 32.3. The van der Waals surface area contributed by atoms with E-state index in [1.807, 2.05) is 0 Å². The van der Waals surface area contributed by atoms with Gasteiger partial charge in [0.05, 0.1) is 25.3 Å². The topological polar surface area (TPSA) is 58.2 Å². The molecule has 4 saturated carbocycles. The summed E-state index contributed by atoms with van der Waals surface area (Å²) in [5, 5.41) is 3.82. The van der Waals surface area contributed by atoms with Gasteiger partial charge in [0.2, 0.25) is 0 Å². The minimum absolute atomic E-state index is 0.0178. The molecule has 1 N–H and O–H groups in total. The van der Waals surface area contributed by atoms with Gasteiger partial charge >= 0.3 is 0 Å². The van der Waals surface area contributed by atoms with Crippen LogP contribution in [0.4, 0.5) is 0 Å². The number of ether oxygens (including phenoxy) is 5. The fourth-order valence-electron chi connectivity index (χ4n) is 8.63. The molecule has 6 heteroatoms. The highest BCUT2D eigenvalue weighted by molar-refractivity contribution is 5.17. The van der Waals surface area contributed by atoms with Crippen molar-refractivity contribution < 1.29 is 23.7 Å². The van der Waals surface area contributed by atoms with E-state index in [2.05, 4.69) is 44.9 Å². The first kappa shape index (κ1) is 36.2. The minimum atomic E-state index is -0.170. The SMILES string of the molecule is CCCCOC[C@H]1N[C@@H](C#CCCCOCC23CC4CC(CC(C4)C2)C3)[C@H](OCCCC)[C@@H](OCCCC)[C@@H]1OCCCC. The molecule has 1 aliphatic heterocycles. The van der Waals surface area contributed by atoms with Crippen LogP contribution in [0.15, 0.2) is 0 Å². The highest BCUT2D eigenvalue weighted by Crippen LogP contribution is 2.60. The summed E-state index contributed by atoms with van der Waals surface area (Å²) in [7, 11) is 0. The number of unbranched alkanes of at least 4 members (excludes halogenated alkanes) is 5. The molecule has 1 heterocycles. The molecule has 0 spiro atoms. The third-order valence-electron chi connectivity index (χ3n) is 10.6. The fraction of sp³-hybridized carbons (Fsp3) is 0.947. The molecular formula is C38H67NO5. The Bertz CT molecular complexity index is 804. The molecule has 5 atom stereocenters. The predicted molar refractivity (Wildman–Crippen MR) is 179 cm³/mol. The zero-order chi connectivity index (χ0) is 31.0. The molecule has 6 nitrogen and oxygen atoms in total. The lowest BCUT2D eigenvalue weighted by Gasteiger charge is -2.56. The Balaban J connectivity index is 1.36. The lowest BCUT2D eigenvalue weighted by Crippen LogP contribution is -2.67. The van der Waals surface area contributed by atoms with Gasteiger partial charge in [0, 0.05) is 39.5 Å². The van der Waals surface area contributed by atoms with Crippen molar-refractivity contribution in [1.82, 2.24) is 5.32 Å². The molecule has 5 aliphatic rings. The minimum Gasteiger partial charge on any atom is -0.381 e. The number of hydrogen-bond donors (Lipinski definition) is 1. The highest BCUT2D eigenvalue weighted by Gasteiger charge is 2.51. The highest BCUT2D eigenvalue weighted by atomic mass is 16.6. The molecule has 0 unspecified atom stereocenters. The van der Waals surface area contributed by atoms with Gasteiger partial charge in [-0.05, 0) is 93.8 Å². The molecule has 0 aromatic rings. The van der Waals surface area contributed by atoms with Gasteiger partial charge in [-0.1, -0.05) is 59.3 Å². The van der Waals surface area contributed by atoms with Crippen LogP contribution in [-0.4, -0.2) is 76.6 Å². The Labute approximate surface area is 270 Å². The smallest absolute Gasteiger partial charge is 0.114 e. The lowest BCUT2D eigenvalue weighted by atomic mass is 9.50. The van der Waals surface area contributed by atoms with Gasteiger partial charge in [-0.15, -0.1) is 5.92 Å². The summed E-state index contributed by atoms with van der Waals surface area (Å²) in [6.45, 7) is 14.1. The number of rotatable bonds is 22. The maximum absolute atomic E-state index is 6.62. The summed E-state index contributed by atoms with van der Waals surface area (Å²) in [6.07, 6.45) is 18.7. The first-order chi connectivity index (χ1) is 21.6. The van der Waals surface area contributed by atoms with E-state index in [-0.39, 0.29) is 30.4 Å². The second-order valence-corrected chi connectivity index (χ2v) is 14.6. The molecular weight excluding hydrogens is 550 g/mol. The van der Waals surface area contributed by atoms with E-state index in [1.54, 1.807) is 0 Å². The molecule has 4 bridgehead atoms. The first-order valence-electron chi connectivity index (χ1n) is 18.9. The number of hydrogen-bond acceptors (Lipinski definition) is 6. The standard InChI is InChI=1S/C38H67NO5/c1-5-9-17-40-28-34-36(43-20-11-7-3)37(44-21-12-8-4)35(42-19-10-6-2)33(39-34)16-14-13-15-18-41-29-38-25-30-22-31(26-38)24-32(23-30)27-38/h30-37,39H,5-13,15,17-29H2,1-4H3/t30?,31?,32?,33-,34+,35-,36+,37+,38?/m0/s1. The third kappa shape index (κ3) is 11.0. The van der Waals surface area contributed by atoms with Crippen LogP contribution in [-0.2, 0) is 23.7 Å². The second kappa shape index (κ2) is 19.9. The van der Waals surface area contributed by atoms with Crippen LogP contribution < -0.4 is 5.32 Å². The molecule has 254 valence electrons. The lowest BCUT2D eigenvalue weighted by molar-refractivity contribution is -0.178. The Morgan fingerprint density at radius 3 is 1.73 bits per heavy atom. The van der Waals surface area contributed by atoms with Gasteiger partial charge in [-0.25, -0.2) is 0 Å². The Morgan fingerprint density at radius 2 is 1.14 bits per heavy atom. The second-order valence-electron chi connectivity index (χ2n) is 14.6. The largest absolute Gasteiger partial charge is 0.381 e. The van der Waals surface area contributed by atoms with E-state index < -0.39 is 0 Å². The van der Waals surface area contributed by atoms with Crippen LogP contribution in [0, 0.1) is 35.0 Å². The van der Waals surface area contributed by atoms with Crippen LogP contribution in [0.3, 0.4) is 0 Å². The maximum Gasteiger partial charge on any atom is 0.114 e. The number of piperidine rings is 1. The van der Waals surface area contributed by atoms with E-state index in [4.69, 9.17) is 23.7 Å². The quantitative estimate of drug-likeness (QED) is 0.0992. The van der Waals surface area contributed by atoms with Crippen molar-refractivity contribution in [2.24, 2.45) is 23.2 Å². The van der Waals surface area contributed by atoms with Gasteiger partial charge in [0.1, 0.15) is 18.3 Å². The van der Waals surface area contributed by atoms with Crippen LogP contribution in [0.25, 0.3) is 0 Å². The van der Waals surface area contributed by atoms with Gasteiger partial charge in [-0.2, -0.15) is 0 Å². The Hall–Kier alpha value is -0.680. The Kier molecular flexibility index (Phi) is 16.3. The van der Waals surface area contributed by atoms with Crippen molar-refractivity contribution >= 4 is 0 Å². The van der Waals surface area contributed by atoms with E-state index in [0.29, 0.717) is 25.2 Å². The molecule has 1 saturated heterocycles. The molecule has 0 radical (unpaired) electrons. The van der Waals surface area contributed by atoms with Crippen molar-refractivity contribution in [3.63, 3.8) is 0 Å². The molecule has 5 fully saturated rings. The summed E-state index contributed by atoms with van der Waals surface area (Å²) in [5.41, 5.74) is 0.492. The summed E-state index contributed by atoms with van der Waals surface area (Å²) in [5.74, 6) is 10.1. The van der Waals surface area contributed by atoms with Crippen molar-refractivity contribution in [2.45, 2.75) is 161 Å². The van der Waals surface area contributed by atoms with E-state index >= 15 is 0 Å². The van der Waals surface area contributed by atoms with Crippen molar-refractivity contribution in [3.05, 3.63) is 0 Å². The maximum atomic E-state index is 6.62. The molecule has 44 heavy (non-hydrogen) atoms. The van der Waals surface area contributed by atoms with E-state index in [1.165, 1.54) is 38.5 Å². The zero-order valence-corrected chi connectivity index (χ0v) is 28.9. The van der Waals surface area contributed by atoms with Crippen molar-refractivity contribution in [3.8, 4) is 11.8 Å². The summed E-state index contributed by atoms with van der Waals surface area (Å²) in [4.78, 5) is 0. The third-order valence-corrected chi connectivity index (χ3v) is 10.6. The zero-order valence-electron chi connectivity index (χ0n) is 28.9. The average molecular weight is 618 g/mol. The molecule has 0 amide bonds. The fourth-order valence-corrected chi connectivity index (χ4v) is 8.63. The van der Waals surface area contributed by atoms with Crippen LogP contribution in [0.2, 0.25) is 0 Å². The normalized spacial score (nSPS) is 34.3. The van der Waals surface area contributed by atoms with Gasteiger partial charge < -0.3 is 23.7 Å². The number of nitrogens with one attached hydrogen (secondary N) is 1. The molecule has 0 aromatic heterocycles. The monoisotopic (exact) mass is 618 g/mol. The van der Waals surface area contributed by atoms with Gasteiger partial charge in [0.25, 0.3) is 0 Å². The van der Waals surface area contributed by atoms with Gasteiger partial charge in [-0.3, -0.25) is 5.32 Å². The summed E-state index contributed by atoms with van der Waals surface area (Å²) >= 11 is 0. The van der Waals surface area contributed by atoms with E-state index in [0.717, 1.165) is 108 Å². The Morgan fingerprint density at radius 1 is 0.614 bits per heavy atom. The van der Waals surface area contributed by atoms with E-state index in [9.17, 15) is 0 Å². The summed E-state index contributed by atoms with van der Waals surface area (Å²) in [6, 6.07) is -0.0958. The van der Waals surface area contributed by atoms with Crippen LogP contribution in [0.5, 0.6) is 0 Å².